The summed E-state index contributed by atoms with van der Waals surface area (Å²) in [5, 5.41) is 39.2. The third-order valence-corrected chi connectivity index (χ3v) is 4.74. The maximum atomic E-state index is 11.2. The molecule has 1 rings (SSSR count). The predicted octanol–water partition coefficient (Wildman–Crippen LogP) is 1.92. The summed E-state index contributed by atoms with van der Waals surface area (Å²) in [5.41, 5.74) is 2.41. The van der Waals surface area contributed by atoms with Crippen molar-refractivity contribution in [3.8, 4) is 0 Å². The third kappa shape index (κ3) is 6.76. The molecule has 0 saturated carbocycles. The average Bonchev–Trinajstić information content (AvgIpc) is 3.12. The molecule has 0 aliphatic carbocycles. The monoisotopic (exact) mass is 413 g/mol. The van der Waals surface area contributed by atoms with E-state index >= 15 is 0 Å². The van der Waals surface area contributed by atoms with Crippen molar-refractivity contribution in [2.75, 3.05) is 6.54 Å². The second kappa shape index (κ2) is 10.3. The highest BCUT2D eigenvalue weighted by Gasteiger charge is 2.29. The Balaban J connectivity index is 2.99. The first-order valence-electron chi connectivity index (χ1n) is 9.22. The first-order chi connectivity index (χ1) is 13.5. The highest BCUT2D eigenvalue weighted by Crippen LogP contribution is 2.13. The van der Waals surface area contributed by atoms with Crippen LogP contribution in [0.3, 0.4) is 0 Å². The van der Waals surface area contributed by atoms with E-state index in [1.807, 2.05) is 20.8 Å². The van der Waals surface area contributed by atoms with Gasteiger partial charge in [-0.1, -0.05) is 22.2 Å². The van der Waals surface area contributed by atoms with Crippen molar-refractivity contribution in [2.45, 2.75) is 71.7 Å². The molecule has 0 saturated heterocycles. The number of nitro groups is 1. The second-order valence-corrected chi connectivity index (χ2v) is 7.70. The van der Waals surface area contributed by atoms with E-state index in [0.717, 1.165) is 0 Å². The Morgan fingerprint density at radius 3 is 2.52 bits per heavy atom. The number of oxime groups is 2. The molecule has 0 aliphatic rings. The van der Waals surface area contributed by atoms with Gasteiger partial charge in [0, 0.05) is 6.54 Å². The first-order valence-corrected chi connectivity index (χ1v) is 9.22. The van der Waals surface area contributed by atoms with Crippen LogP contribution in [0.2, 0.25) is 0 Å². The van der Waals surface area contributed by atoms with Gasteiger partial charge >= 0.3 is 5.95 Å². The molecule has 12 heteroatoms. The smallest absolute Gasteiger partial charge is 0.411 e. The van der Waals surface area contributed by atoms with Crippen LogP contribution in [0.25, 0.3) is 0 Å². The first kappa shape index (κ1) is 24.5. The van der Waals surface area contributed by atoms with Gasteiger partial charge in [0.2, 0.25) is 0 Å². The van der Waals surface area contributed by atoms with Gasteiger partial charge in [0.25, 0.3) is 0 Å². The van der Waals surface area contributed by atoms with Crippen molar-refractivity contribution in [1.82, 2.24) is 20.3 Å². The van der Waals surface area contributed by atoms with Gasteiger partial charge in [-0.3, -0.25) is 4.84 Å². The molecule has 164 valence electrons. The Morgan fingerprint density at radius 1 is 1.34 bits per heavy atom. The maximum absolute atomic E-state index is 11.2. The number of hydroxylamine groups is 1. The van der Waals surface area contributed by atoms with Crippen LogP contribution in [0.5, 0.6) is 0 Å². The molecule has 0 fully saturated rings. The summed E-state index contributed by atoms with van der Waals surface area (Å²) in [7, 11) is 0. The summed E-state index contributed by atoms with van der Waals surface area (Å²) in [6.45, 7) is 11.2. The lowest BCUT2D eigenvalue weighted by Crippen LogP contribution is -2.53. The lowest BCUT2D eigenvalue weighted by molar-refractivity contribution is -0.397. The van der Waals surface area contributed by atoms with Crippen LogP contribution >= 0.6 is 0 Å². The van der Waals surface area contributed by atoms with Gasteiger partial charge in [-0.25, -0.2) is 4.57 Å². The van der Waals surface area contributed by atoms with Crippen molar-refractivity contribution in [3.05, 3.63) is 22.5 Å². The molecule has 0 aromatic carbocycles. The van der Waals surface area contributed by atoms with E-state index in [4.69, 9.17) is 10.0 Å². The van der Waals surface area contributed by atoms with E-state index in [-0.39, 0.29) is 19.0 Å². The molecule has 1 heterocycles. The van der Waals surface area contributed by atoms with E-state index in [9.17, 15) is 15.3 Å². The third-order valence-electron chi connectivity index (χ3n) is 4.74. The summed E-state index contributed by atoms with van der Waals surface area (Å²) in [6, 6.07) is 0. The molecular formula is C17H31N7O5. The number of hydrogen-bond donors (Lipinski definition) is 4. The summed E-state index contributed by atoms with van der Waals surface area (Å²) in [6.07, 6.45) is 2.83. The molecule has 0 spiro atoms. The van der Waals surface area contributed by atoms with Crippen LogP contribution in [-0.4, -0.2) is 60.0 Å². The lowest BCUT2D eigenvalue weighted by atomic mass is 9.96. The zero-order valence-corrected chi connectivity index (χ0v) is 17.7. The van der Waals surface area contributed by atoms with Gasteiger partial charge in [0.1, 0.15) is 25.0 Å². The largest absolute Gasteiger partial charge is 0.434 e. The Labute approximate surface area is 169 Å². The van der Waals surface area contributed by atoms with E-state index in [0.29, 0.717) is 17.8 Å². The number of nitrogens with one attached hydrogen (secondary N) is 2. The van der Waals surface area contributed by atoms with Crippen LogP contribution < -0.4 is 10.8 Å². The lowest BCUT2D eigenvalue weighted by Gasteiger charge is -2.31. The Morgan fingerprint density at radius 2 is 2.00 bits per heavy atom. The van der Waals surface area contributed by atoms with Gasteiger partial charge in [-0.15, -0.1) is 0 Å². The van der Waals surface area contributed by atoms with Crippen LogP contribution in [0.1, 0.15) is 48.0 Å². The van der Waals surface area contributed by atoms with Crippen LogP contribution in [0.4, 0.5) is 5.95 Å². The Bertz CT molecular complexity index is 742. The summed E-state index contributed by atoms with van der Waals surface area (Å²) >= 11 is 0. The summed E-state index contributed by atoms with van der Waals surface area (Å²) < 4.78 is 1.38. The Hall–Kier alpha value is -2.57. The molecule has 0 bridgehead atoms. The fraction of sp³-hybridized carbons (Fsp3) is 0.706. The van der Waals surface area contributed by atoms with Crippen molar-refractivity contribution in [1.29, 1.82) is 0 Å². The van der Waals surface area contributed by atoms with Gasteiger partial charge in [0.15, 0.2) is 0 Å². The topological polar surface area (TPSA) is 159 Å². The molecule has 0 unspecified atom stereocenters. The number of hydrogen-bond acceptors (Lipinski definition) is 10. The Kier molecular flexibility index (Phi) is 8.67. The van der Waals surface area contributed by atoms with Crippen molar-refractivity contribution >= 4 is 17.4 Å². The quantitative estimate of drug-likeness (QED) is 0.175. The van der Waals surface area contributed by atoms with Gasteiger partial charge < -0.3 is 25.8 Å². The predicted molar refractivity (Wildman–Crippen MR) is 107 cm³/mol. The molecule has 0 amide bonds. The van der Waals surface area contributed by atoms with E-state index in [1.54, 1.807) is 20.8 Å². The van der Waals surface area contributed by atoms with Crippen molar-refractivity contribution in [2.24, 2.45) is 10.3 Å². The van der Waals surface area contributed by atoms with E-state index in [2.05, 4.69) is 26.1 Å². The standard InChI is InChI=1S/C17H31N7O5/c1-7-14(21-26)17(5,6)19-10-13(29-22-16(3,4)12(2)20-25)11-23-9-8-18-15(23)24(27)28/h8-9,13,19,22,25-26H,7,10-11H2,1-6H3/t13-/m0/s1. The maximum Gasteiger partial charge on any atom is 0.434 e. The van der Waals surface area contributed by atoms with Gasteiger partial charge in [-0.2, -0.15) is 5.48 Å². The van der Waals surface area contributed by atoms with Gasteiger partial charge in [-0.05, 0) is 46.0 Å². The minimum Gasteiger partial charge on any atom is -0.411 e. The zero-order chi connectivity index (χ0) is 22.2. The number of aromatic nitrogens is 2. The molecule has 12 nitrogen and oxygen atoms in total. The fourth-order valence-electron chi connectivity index (χ4n) is 2.52. The molecule has 29 heavy (non-hydrogen) atoms. The molecule has 0 aliphatic heterocycles. The zero-order valence-electron chi connectivity index (χ0n) is 17.7. The summed E-state index contributed by atoms with van der Waals surface area (Å²) in [4.78, 5) is 20.1. The van der Waals surface area contributed by atoms with Gasteiger partial charge in [0.05, 0.1) is 22.5 Å². The molecule has 1 atom stereocenters. The molecule has 0 radical (unpaired) electrons. The van der Waals surface area contributed by atoms with E-state index < -0.39 is 22.1 Å². The normalized spacial score (nSPS) is 14.8. The highest BCUT2D eigenvalue weighted by molar-refractivity contribution is 5.92. The SMILES string of the molecule is CCC(=NO)C(C)(C)NC[C@@H](Cn1ccnc1[N+](=O)[O-])ONC(C)(C)C(C)=NO. The second-order valence-electron chi connectivity index (χ2n) is 7.70. The number of nitrogens with zero attached hydrogens (tertiary/aromatic N) is 5. The number of rotatable bonds is 12. The van der Waals surface area contributed by atoms with E-state index in [1.165, 1.54) is 17.0 Å². The minimum absolute atomic E-state index is 0.134. The van der Waals surface area contributed by atoms with Crippen LogP contribution in [0.15, 0.2) is 22.7 Å². The number of imidazole rings is 1. The average molecular weight is 413 g/mol. The highest BCUT2D eigenvalue weighted by atomic mass is 16.7. The molecule has 1 aromatic rings. The minimum atomic E-state index is -0.773. The van der Waals surface area contributed by atoms with Crippen LogP contribution in [0, 0.1) is 10.1 Å². The van der Waals surface area contributed by atoms with Crippen LogP contribution in [-0.2, 0) is 11.4 Å². The molecular weight excluding hydrogens is 382 g/mol. The molecule has 1 aromatic heterocycles. The van der Waals surface area contributed by atoms with Crippen molar-refractivity contribution in [3.63, 3.8) is 0 Å². The van der Waals surface area contributed by atoms with Crippen molar-refractivity contribution < 1.29 is 20.2 Å². The molecule has 4 N–H and O–H groups in total. The fourth-order valence-corrected chi connectivity index (χ4v) is 2.52. The summed E-state index contributed by atoms with van der Waals surface area (Å²) in [5.74, 6) is -0.295.